The van der Waals surface area contributed by atoms with Crippen LogP contribution >= 0.6 is 0 Å². The largest absolute Gasteiger partial charge is 0.504 e. The van der Waals surface area contributed by atoms with E-state index in [0.29, 0.717) is 29.2 Å². The molecule has 0 aliphatic carbocycles. The Morgan fingerprint density at radius 3 is 2.61 bits per heavy atom. The van der Waals surface area contributed by atoms with Gasteiger partial charge in [-0.05, 0) is 54.4 Å². The molecule has 0 spiro atoms. The molecule has 0 saturated carbocycles. The van der Waals surface area contributed by atoms with Crippen LogP contribution in [-0.4, -0.2) is 43.5 Å². The molecule has 0 fully saturated rings. The van der Waals surface area contributed by atoms with Crippen LogP contribution in [0.2, 0.25) is 0 Å². The molecule has 0 bridgehead atoms. The number of benzene rings is 2. The number of hydrazone groups is 1. The van der Waals surface area contributed by atoms with Crippen LogP contribution in [0.25, 0.3) is 0 Å². The molecule has 0 saturated heterocycles. The van der Waals surface area contributed by atoms with Crippen molar-refractivity contribution in [2.75, 3.05) is 20.3 Å². The Hall–Kier alpha value is -3.55. The molecule has 0 aromatic heterocycles. The molecule has 8 nitrogen and oxygen atoms in total. The lowest BCUT2D eigenvalue weighted by Crippen LogP contribution is -2.24. The van der Waals surface area contributed by atoms with E-state index in [1.807, 2.05) is 6.92 Å². The van der Waals surface area contributed by atoms with E-state index in [9.17, 15) is 14.7 Å². The number of amides is 1. The molecule has 0 radical (unpaired) electrons. The van der Waals surface area contributed by atoms with Crippen molar-refractivity contribution in [3.8, 4) is 17.2 Å². The Kier molecular flexibility index (Phi) is 7.83. The van der Waals surface area contributed by atoms with Crippen LogP contribution in [-0.2, 0) is 9.53 Å². The van der Waals surface area contributed by atoms with Gasteiger partial charge in [-0.1, -0.05) is 6.92 Å². The van der Waals surface area contributed by atoms with E-state index in [4.69, 9.17) is 14.2 Å². The zero-order chi connectivity index (χ0) is 20.4. The third-order valence-corrected chi connectivity index (χ3v) is 3.50. The first-order valence-corrected chi connectivity index (χ1v) is 8.62. The summed E-state index contributed by atoms with van der Waals surface area (Å²) in [6.07, 6.45) is 2.17. The molecule has 0 heterocycles. The van der Waals surface area contributed by atoms with E-state index >= 15 is 0 Å². The maximum absolute atomic E-state index is 11.8. The van der Waals surface area contributed by atoms with Gasteiger partial charge in [0.1, 0.15) is 5.75 Å². The summed E-state index contributed by atoms with van der Waals surface area (Å²) in [4.78, 5) is 23.5. The number of aromatic hydroxyl groups is 1. The van der Waals surface area contributed by atoms with Crippen molar-refractivity contribution in [1.29, 1.82) is 0 Å². The first kappa shape index (κ1) is 20.8. The summed E-state index contributed by atoms with van der Waals surface area (Å²) in [5, 5.41) is 13.4. The van der Waals surface area contributed by atoms with E-state index in [-0.39, 0.29) is 12.4 Å². The van der Waals surface area contributed by atoms with E-state index in [1.165, 1.54) is 19.4 Å². The predicted octanol–water partition coefficient (Wildman–Crippen LogP) is 2.50. The Morgan fingerprint density at radius 2 is 1.93 bits per heavy atom. The van der Waals surface area contributed by atoms with Gasteiger partial charge >= 0.3 is 5.97 Å². The number of methoxy groups -OCH3 is 1. The van der Waals surface area contributed by atoms with Crippen LogP contribution in [0, 0.1) is 0 Å². The van der Waals surface area contributed by atoms with Crippen LogP contribution < -0.4 is 14.9 Å². The van der Waals surface area contributed by atoms with Crippen molar-refractivity contribution in [2.24, 2.45) is 5.10 Å². The fourth-order valence-electron chi connectivity index (χ4n) is 2.10. The van der Waals surface area contributed by atoms with Crippen LogP contribution in [0.4, 0.5) is 0 Å². The molecule has 2 aromatic rings. The summed E-state index contributed by atoms with van der Waals surface area (Å²) in [5.41, 5.74) is 3.39. The van der Waals surface area contributed by atoms with Gasteiger partial charge in [-0.2, -0.15) is 5.10 Å². The van der Waals surface area contributed by atoms with Crippen molar-refractivity contribution in [3.63, 3.8) is 0 Å². The number of nitrogens with zero attached hydrogens (tertiary/aromatic N) is 1. The summed E-state index contributed by atoms with van der Waals surface area (Å²) in [6, 6.07) is 11.0. The van der Waals surface area contributed by atoms with Gasteiger partial charge in [0.2, 0.25) is 0 Å². The van der Waals surface area contributed by atoms with Gasteiger partial charge in [-0.3, -0.25) is 4.79 Å². The van der Waals surface area contributed by atoms with Crippen LogP contribution in [0.3, 0.4) is 0 Å². The van der Waals surface area contributed by atoms with Crippen molar-refractivity contribution in [3.05, 3.63) is 53.6 Å². The Balaban J connectivity index is 1.80. The molecule has 2 N–H and O–H groups in total. The average Bonchev–Trinajstić information content (AvgIpc) is 2.72. The van der Waals surface area contributed by atoms with Gasteiger partial charge in [-0.15, -0.1) is 0 Å². The zero-order valence-electron chi connectivity index (χ0n) is 15.7. The lowest BCUT2D eigenvalue weighted by molar-refractivity contribution is -0.123. The molecule has 28 heavy (non-hydrogen) atoms. The van der Waals surface area contributed by atoms with Crippen molar-refractivity contribution >= 4 is 18.1 Å². The molecule has 0 aliphatic rings. The van der Waals surface area contributed by atoms with E-state index in [2.05, 4.69) is 10.5 Å². The fraction of sp³-hybridized carbons (Fsp3) is 0.250. The molecular weight excluding hydrogens is 364 g/mol. The number of carbonyl (C=O) groups is 2. The third-order valence-electron chi connectivity index (χ3n) is 3.50. The lowest BCUT2D eigenvalue weighted by atomic mass is 10.2. The van der Waals surface area contributed by atoms with E-state index in [0.717, 1.165) is 6.42 Å². The van der Waals surface area contributed by atoms with Crippen LogP contribution in [0.15, 0.2) is 47.6 Å². The molecule has 0 aliphatic heterocycles. The minimum Gasteiger partial charge on any atom is -0.504 e. The standard InChI is InChI=1S/C20H22N2O6/c1-3-10-27-20(25)15-5-7-16(8-6-15)28-13-19(24)22-21-12-14-4-9-17(23)18(11-14)26-2/h4-9,11-12,23H,3,10,13H2,1-2H3,(H,22,24)/b21-12+. The summed E-state index contributed by atoms with van der Waals surface area (Å²) in [6.45, 7) is 2.05. The van der Waals surface area contributed by atoms with Crippen molar-refractivity contribution in [1.82, 2.24) is 5.43 Å². The summed E-state index contributed by atoms with van der Waals surface area (Å²) in [7, 11) is 1.44. The number of phenols is 1. The highest BCUT2D eigenvalue weighted by Gasteiger charge is 2.07. The number of phenolic OH excluding ortho intramolecular Hbond substituents is 1. The normalized spacial score (nSPS) is 10.5. The predicted molar refractivity (Wildman–Crippen MR) is 103 cm³/mol. The molecule has 8 heteroatoms. The van der Waals surface area contributed by atoms with Gasteiger partial charge in [0, 0.05) is 0 Å². The highest BCUT2D eigenvalue weighted by molar-refractivity contribution is 5.89. The minimum atomic E-state index is -0.451. The second kappa shape index (κ2) is 10.6. The number of ether oxygens (including phenoxy) is 3. The molecular formula is C20H22N2O6. The topological polar surface area (TPSA) is 106 Å². The first-order chi connectivity index (χ1) is 13.5. The number of nitrogens with one attached hydrogen (secondary N) is 1. The zero-order valence-corrected chi connectivity index (χ0v) is 15.7. The number of hydrogen-bond acceptors (Lipinski definition) is 7. The van der Waals surface area contributed by atoms with Gasteiger partial charge in [0.15, 0.2) is 18.1 Å². The smallest absolute Gasteiger partial charge is 0.338 e. The SMILES string of the molecule is CCCOC(=O)c1ccc(OCC(=O)N/N=C/c2ccc(O)c(OC)c2)cc1. The Bertz CT molecular complexity index is 833. The van der Waals surface area contributed by atoms with E-state index in [1.54, 1.807) is 36.4 Å². The lowest BCUT2D eigenvalue weighted by Gasteiger charge is -2.07. The third kappa shape index (κ3) is 6.31. The number of hydrogen-bond donors (Lipinski definition) is 2. The maximum Gasteiger partial charge on any atom is 0.338 e. The van der Waals surface area contributed by atoms with Gasteiger partial charge in [0.25, 0.3) is 5.91 Å². The van der Waals surface area contributed by atoms with Crippen LogP contribution in [0.5, 0.6) is 17.2 Å². The van der Waals surface area contributed by atoms with Gasteiger partial charge in [-0.25, -0.2) is 10.2 Å². The highest BCUT2D eigenvalue weighted by atomic mass is 16.5. The van der Waals surface area contributed by atoms with Crippen molar-refractivity contribution in [2.45, 2.75) is 13.3 Å². The van der Waals surface area contributed by atoms with Gasteiger partial charge in [0.05, 0.1) is 25.5 Å². The summed E-state index contributed by atoms with van der Waals surface area (Å²) >= 11 is 0. The second-order valence-electron chi connectivity index (χ2n) is 5.67. The number of esters is 1. The molecule has 148 valence electrons. The molecule has 2 aromatic carbocycles. The molecule has 0 unspecified atom stereocenters. The highest BCUT2D eigenvalue weighted by Crippen LogP contribution is 2.25. The Morgan fingerprint density at radius 1 is 1.18 bits per heavy atom. The minimum absolute atomic E-state index is 0.0155. The van der Waals surface area contributed by atoms with Crippen LogP contribution in [0.1, 0.15) is 29.3 Å². The molecule has 0 atom stereocenters. The number of rotatable bonds is 9. The maximum atomic E-state index is 11.8. The quantitative estimate of drug-likeness (QED) is 0.390. The first-order valence-electron chi connectivity index (χ1n) is 8.62. The summed E-state index contributed by atoms with van der Waals surface area (Å²) < 4.78 is 15.4. The summed E-state index contributed by atoms with van der Waals surface area (Å²) in [5.74, 6) is -0.0865. The molecule has 2 rings (SSSR count). The average molecular weight is 386 g/mol. The monoisotopic (exact) mass is 386 g/mol. The Labute approximate surface area is 162 Å². The number of carbonyl (C=O) groups excluding carboxylic acids is 2. The molecule has 1 amide bonds. The van der Waals surface area contributed by atoms with E-state index < -0.39 is 11.9 Å². The fourth-order valence-corrected chi connectivity index (χ4v) is 2.10. The van der Waals surface area contributed by atoms with Crippen molar-refractivity contribution < 1.29 is 28.9 Å². The second-order valence-corrected chi connectivity index (χ2v) is 5.67. The van der Waals surface area contributed by atoms with Gasteiger partial charge < -0.3 is 19.3 Å².